The van der Waals surface area contributed by atoms with Gasteiger partial charge in [-0.2, -0.15) is 5.26 Å². The maximum atomic E-state index is 12.2. The molecule has 0 saturated heterocycles. The van der Waals surface area contributed by atoms with Crippen LogP contribution in [0.5, 0.6) is 0 Å². The largest absolute Gasteiger partial charge is 0.343 e. The number of hydrogen-bond donors (Lipinski definition) is 0. The Hall–Kier alpha value is -1.04. The first-order chi connectivity index (χ1) is 8.13. The van der Waals surface area contributed by atoms with Crippen molar-refractivity contribution in [3.8, 4) is 6.07 Å². The summed E-state index contributed by atoms with van der Waals surface area (Å²) in [5.41, 5.74) is 0. The molecular formula is C14H24N2O. The van der Waals surface area contributed by atoms with Crippen LogP contribution < -0.4 is 0 Å². The Bertz CT molecular complexity index is 283. The number of carbonyl (C=O) groups excluding carboxylic acids is 1. The molecule has 1 fully saturated rings. The fourth-order valence-electron chi connectivity index (χ4n) is 2.70. The standard InChI is InChI=1S/C14H24N2O/c1-4-12(5-2)14(17)16(3)13-8-6-11(10-15)7-9-13/h11-13H,4-9H2,1-3H3. The predicted octanol–water partition coefficient (Wildman–Crippen LogP) is 2.96. The molecule has 3 nitrogen and oxygen atoms in total. The van der Waals surface area contributed by atoms with E-state index in [0.717, 1.165) is 38.5 Å². The van der Waals surface area contributed by atoms with E-state index in [2.05, 4.69) is 19.9 Å². The third-order valence-corrected chi connectivity index (χ3v) is 4.11. The molecule has 17 heavy (non-hydrogen) atoms. The first-order valence-corrected chi connectivity index (χ1v) is 6.80. The number of amides is 1. The topological polar surface area (TPSA) is 44.1 Å². The second-order valence-electron chi connectivity index (χ2n) is 5.10. The van der Waals surface area contributed by atoms with Crippen LogP contribution in [-0.4, -0.2) is 23.9 Å². The van der Waals surface area contributed by atoms with E-state index in [-0.39, 0.29) is 17.7 Å². The average Bonchev–Trinajstić information content (AvgIpc) is 2.39. The lowest BCUT2D eigenvalue weighted by molar-refractivity contribution is -0.137. The average molecular weight is 236 g/mol. The summed E-state index contributed by atoms with van der Waals surface area (Å²) in [5, 5.41) is 8.86. The first-order valence-electron chi connectivity index (χ1n) is 6.80. The van der Waals surface area contributed by atoms with Crippen molar-refractivity contribution in [2.24, 2.45) is 11.8 Å². The molecule has 0 spiro atoms. The van der Waals surface area contributed by atoms with Gasteiger partial charge < -0.3 is 4.90 Å². The van der Waals surface area contributed by atoms with Gasteiger partial charge in [0.1, 0.15) is 0 Å². The van der Waals surface area contributed by atoms with Gasteiger partial charge in [-0.1, -0.05) is 13.8 Å². The number of nitrogens with zero attached hydrogens (tertiary/aromatic N) is 2. The number of hydrogen-bond acceptors (Lipinski definition) is 2. The minimum Gasteiger partial charge on any atom is -0.343 e. The van der Waals surface area contributed by atoms with Crippen LogP contribution in [0.15, 0.2) is 0 Å². The third-order valence-electron chi connectivity index (χ3n) is 4.11. The summed E-state index contributed by atoms with van der Waals surface area (Å²) in [7, 11) is 1.93. The summed E-state index contributed by atoms with van der Waals surface area (Å²) in [6, 6.07) is 2.69. The summed E-state index contributed by atoms with van der Waals surface area (Å²) < 4.78 is 0. The molecule has 0 heterocycles. The summed E-state index contributed by atoms with van der Waals surface area (Å²) >= 11 is 0. The van der Waals surface area contributed by atoms with Gasteiger partial charge in [0.15, 0.2) is 0 Å². The first kappa shape index (κ1) is 14.0. The Kier molecular flexibility index (Phi) is 5.47. The normalized spacial score (nSPS) is 24.4. The van der Waals surface area contributed by atoms with E-state index in [1.165, 1.54) is 0 Å². The zero-order chi connectivity index (χ0) is 12.8. The van der Waals surface area contributed by atoms with E-state index >= 15 is 0 Å². The molecule has 0 aliphatic heterocycles. The van der Waals surface area contributed by atoms with Crippen LogP contribution >= 0.6 is 0 Å². The Morgan fingerprint density at radius 3 is 2.24 bits per heavy atom. The van der Waals surface area contributed by atoms with Gasteiger partial charge in [-0.05, 0) is 38.5 Å². The maximum Gasteiger partial charge on any atom is 0.225 e. The molecule has 0 aromatic rings. The van der Waals surface area contributed by atoms with Crippen molar-refractivity contribution in [3.05, 3.63) is 0 Å². The van der Waals surface area contributed by atoms with E-state index < -0.39 is 0 Å². The molecule has 0 N–H and O–H groups in total. The highest BCUT2D eigenvalue weighted by atomic mass is 16.2. The third kappa shape index (κ3) is 3.46. The van der Waals surface area contributed by atoms with E-state index in [0.29, 0.717) is 6.04 Å². The molecule has 0 bridgehead atoms. The second kappa shape index (κ2) is 6.64. The molecule has 1 aliphatic rings. The van der Waals surface area contributed by atoms with Gasteiger partial charge in [0.2, 0.25) is 5.91 Å². The number of carbonyl (C=O) groups is 1. The van der Waals surface area contributed by atoms with Crippen LogP contribution in [-0.2, 0) is 4.79 Å². The van der Waals surface area contributed by atoms with Crippen LogP contribution in [0.2, 0.25) is 0 Å². The molecule has 96 valence electrons. The summed E-state index contributed by atoms with van der Waals surface area (Å²) in [6.45, 7) is 4.15. The van der Waals surface area contributed by atoms with Gasteiger partial charge >= 0.3 is 0 Å². The zero-order valence-electron chi connectivity index (χ0n) is 11.3. The molecule has 1 rings (SSSR count). The Labute approximate surface area is 105 Å². The smallest absolute Gasteiger partial charge is 0.225 e. The van der Waals surface area contributed by atoms with Crippen LogP contribution in [0, 0.1) is 23.2 Å². The van der Waals surface area contributed by atoms with E-state index in [4.69, 9.17) is 5.26 Å². The fourth-order valence-corrected chi connectivity index (χ4v) is 2.70. The maximum absolute atomic E-state index is 12.2. The Morgan fingerprint density at radius 2 is 1.82 bits per heavy atom. The summed E-state index contributed by atoms with van der Waals surface area (Å²) in [4.78, 5) is 14.2. The van der Waals surface area contributed by atoms with Crippen molar-refractivity contribution in [1.82, 2.24) is 4.90 Å². The summed E-state index contributed by atoms with van der Waals surface area (Å²) in [6.07, 6.45) is 5.71. The van der Waals surface area contributed by atoms with Gasteiger partial charge in [-0.25, -0.2) is 0 Å². The van der Waals surface area contributed by atoms with Crippen molar-refractivity contribution in [2.75, 3.05) is 7.05 Å². The molecular weight excluding hydrogens is 212 g/mol. The molecule has 3 heteroatoms. The second-order valence-corrected chi connectivity index (χ2v) is 5.10. The van der Waals surface area contributed by atoms with Crippen molar-refractivity contribution < 1.29 is 4.79 Å². The molecule has 1 amide bonds. The van der Waals surface area contributed by atoms with Crippen LogP contribution in [0.1, 0.15) is 52.4 Å². The quantitative estimate of drug-likeness (QED) is 0.753. The van der Waals surface area contributed by atoms with E-state index in [1.54, 1.807) is 0 Å². The molecule has 0 radical (unpaired) electrons. The van der Waals surface area contributed by atoms with Crippen LogP contribution in [0.4, 0.5) is 0 Å². The molecule has 0 unspecified atom stereocenters. The van der Waals surface area contributed by atoms with Crippen molar-refractivity contribution in [3.63, 3.8) is 0 Å². The highest BCUT2D eigenvalue weighted by Gasteiger charge is 2.28. The fraction of sp³-hybridized carbons (Fsp3) is 0.857. The predicted molar refractivity (Wildman–Crippen MR) is 68.2 cm³/mol. The van der Waals surface area contributed by atoms with Gasteiger partial charge in [0.05, 0.1) is 6.07 Å². The molecule has 0 aromatic heterocycles. The highest BCUT2D eigenvalue weighted by Crippen LogP contribution is 2.27. The Balaban J connectivity index is 2.51. The van der Waals surface area contributed by atoms with Gasteiger partial charge in [0, 0.05) is 24.9 Å². The SMILES string of the molecule is CCC(CC)C(=O)N(C)C1CCC(C#N)CC1. The Morgan fingerprint density at radius 1 is 1.29 bits per heavy atom. The van der Waals surface area contributed by atoms with Crippen molar-refractivity contribution >= 4 is 5.91 Å². The lowest BCUT2D eigenvalue weighted by Crippen LogP contribution is -2.42. The van der Waals surface area contributed by atoms with Crippen molar-refractivity contribution in [2.45, 2.75) is 58.4 Å². The summed E-state index contributed by atoms with van der Waals surface area (Å²) in [5.74, 6) is 0.673. The van der Waals surface area contributed by atoms with Crippen LogP contribution in [0.3, 0.4) is 0 Å². The van der Waals surface area contributed by atoms with Gasteiger partial charge in [-0.3, -0.25) is 4.79 Å². The molecule has 0 atom stereocenters. The van der Waals surface area contributed by atoms with Gasteiger partial charge in [0.25, 0.3) is 0 Å². The molecule has 1 saturated carbocycles. The minimum absolute atomic E-state index is 0.175. The highest BCUT2D eigenvalue weighted by molar-refractivity contribution is 5.78. The number of rotatable bonds is 4. The lowest BCUT2D eigenvalue weighted by Gasteiger charge is -2.34. The van der Waals surface area contributed by atoms with E-state index in [1.807, 2.05) is 11.9 Å². The van der Waals surface area contributed by atoms with Crippen molar-refractivity contribution in [1.29, 1.82) is 5.26 Å². The number of nitriles is 1. The minimum atomic E-state index is 0.175. The van der Waals surface area contributed by atoms with Gasteiger partial charge in [-0.15, -0.1) is 0 Å². The molecule has 0 aromatic carbocycles. The van der Waals surface area contributed by atoms with E-state index in [9.17, 15) is 4.79 Å². The zero-order valence-corrected chi connectivity index (χ0v) is 11.3. The monoisotopic (exact) mass is 236 g/mol. The lowest BCUT2D eigenvalue weighted by atomic mass is 9.86. The molecule has 1 aliphatic carbocycles. The van der Waals surface area contributed by atoms with Crippen LogP contribution in [0.25, 0.3) is 0 Å².